The van der Waals surface area contributed by atoms with Crippen LogP contribution in [0.4, 0.5) is 0 Å². The lowest BCUT2D eigenvalue weighted by molar-refractivity contribution is 0.364. The van der Waals surface area contributed by atoms with Crippen molar-refractivity contribution in [2.24, 2.45) is 0 Å². The van der Waals surface area contributed by atoms with Crippen molar-refractivity contribution in [1.29, 1.82) is 0 Å². The first-order valence-corrected chi connectivity index (χ1v) is 8.61. The van der Waals surface area contributed by atoms with E-state index in [1.54, 1.807) is 17.5 Å². The largest absolute Gasteiger partial charge is 0.306 e. The van der Waals surface area contributed by atoms with Gasteiger partial charge in [-0.3, -0.25) is 9.67 Å². The molecule has 0 spiro atoms. The van der Waals surface area contributed by atoms with Gasteiger partial charge in [0, 0.05) is 30.4 Å². The molecule has 3 rings (SSSR count). The van der Waals surface area contributed by atoms with Crippen LogP contribution in [0.1, 0.15) is 31.1 Å². The van der Waals surface area contributed by atoms with Gasteiger partial charge in [-0.2, -0.15) is 5.10 Å². The minimum atomic E-state index is 0.289. The summed E-state index contributed by atoms with van der Waals surface area (Å²) in [6.45, 7) is 7.15. The summed E-state index contributed by atoms with van der Waals surface area (Å²) in [7, 11) is 0. The van der Waals surface area contributed by atoms with Crippen LogP contribution in [0.2, 0.25) is 0 Å². The molecule has 3 aromatic heterocycles. The lowest BCUT2D eigenvalue weighted by atomic mass is 10.1. The van der Waals surface area contributed by atoms with E-state index in [0.717, 1.165) is 22.9 Å². The molecule has 0 amide bonds. The minimum absolute atomic E-state index is 0.289. The number of nitrogens with zero attached hydrogens (tertiary/aromatic N) is 4. The van der Waals surface area contributed by atoms with Crippen molar-refractivity contribution < 1.29 is 0 Å². The molecule has 0 unspecified atom stereocenters. The van der Waals surface area contributed by atoms with Gasteiger partial charge in [0.25, 0.3) is 0 Å². The first-order chi connectivity index (χ1) is 11.1. The lowest BCUT2D eigenvalue weighted by Crippen LogP contribution is -2.33. The van der Waals surface area contributed by atoms with Gasteiger partial charge in [-0.1, -0.05) is 6.07 Å². The summed E-state index contributed by atoms with van der Waals surface area (Å²) in [5.41, 5.74) is 3.16. The first kappa shape index (κ1) is 15.8. The van der Waals surface area contributed by atoms with Crippen LogP contribution in [0.5, 0.6) is 0 Å². The van der Waals surface area contributed by atoms with E-state index in [2.05, 4.69) is 52.7 Å². The Hall–Kier alpha value is -2.05. The molecule has 23 heavy (non-hydrogen) atoms. The molecule has 0 aromatic carbocycles. The van der Waals surface area contributed by atoms with Crippen molar-refractivity contribution >= 4 is 11.3 Å². The normalized spacial score (nSPS) is 13.9. The fourth-order valence-electron chi connectivity index (χ4n) is 2.32. The average molecular weight is 327 g/mol. The predicted molar refractivity (Wildman–Crippen MR) is 93.3 cm³/mol. The van der Waals surface area contributed by atoms with Crippen molar-refractivity contribution in [3.63, 3.8) is 0 Å². The molecule has 120 valence electrons. The Kier molecular flexibility index (Phi) is 4.83. The van der Waals surface area contributed by atoms with Gasteiger partial charge in [-0.05, 0) is 38.5 Å². The van der Waals surface area contributed by atoms with Crippen molar-refractivity contribution in [3.8, 4) is 10.7 Å². The maximum Gasteiger partial charge on any atom is 0.142 e. The topological polar surface area (TPSA) is 55.6 Å². The molecule has 0 aliphatic heterocycles. The SMILES string of the molecule is Cc1cnn([C@H](C)[C@@H](C)NCc2csc(-c3ccccn3)n2)c1. The van der Waals surface area contributed by atoms with Crippen molar-refractivity contribution in [3.05, 3.63) is 53.4 Å². The highest BCUT2D eigenvalue weighted by atomic mass is 32.1. The third kappa shape index (κ3) is 3.83. The fourth-order valence-corrected chi connectivity index (χ4v) is 3.11. The van der Waals surface area contributed by atoms with E-state index >= 15 is 0 Å². The summed E-state index contributed by atoms with van der Waals surface area (Å²) < 4.78 is 2.01. The summed E-state index contributed by atoms with van der Waals surface area (Å²) in [6.07, 6.45) is 5.76. The number of rotatable bonds is 6. The zero-order valence-electron chi connectivity index (χ0n) is 13.6. The van der Waals surface area contributed by atoms with Crippen molar-refractivity contribution in [2.45, 2.75) is 39.4 Å². The number of hydrogen-bond acceptors (Lipinski definition) is 5. The van der Waals surface area contributed by atoms with Crippen LogP contribution in [0.3, 0.4) is 0 Å². The molecular weight excluding hydrogens is 306 g/mol. The summed E-state index contributed by atoms with van der Waals surface area (Å²) in [4.78, 5) is 9.00. The number of aryl methyl sites for hydroxylation is 1. The molecule has 0 bridgehead atoms. The molecule has 0 aliphatic rings. The molecule has 5 nitrogen and oxygen atoms in total. The Balaban J connectivity index is 1.59. The van der Waals surface area contributed by atoms with Crippen LogP contribution in [-0.2, 0) is 6.54 Å². The van der Waals surface area contributed by atoms with Gasteiger partial charge in [0.1, 0.15) is 5.01 Å². The number of nitrogens with one attached hydrogen (secondary N) is 1. The second-order valence-electron chi connectivity index (χ2n) is 5.77. The summed E-state index contributed by atoms with van der Waals surface area (Å²) in [5, 5.41) is 11.0. The molecule has 1 N–H and O–H groups in total. The van der Waals surface area contributed by atoms with E-state index in [1.165, 1.54) is 5.56 Å². The third-order valence-electron chi connectivity index (χ3n) is 3.91. The number of thiazole rings is 1. The molecular formula is C17H21N5S. The predicted octanol–water partition coefficient (Wildman–Crippen LogP) is 3.45. The lowest BCUT2D eigenvalue weighted by Gasteiger charge is -2.21. The molecule has 0 radical (unpaired) electrons. The second kappa shape index (κ2) is 7.02. The molecule has 3 aromatic rings. The first-order valence-electron chi connectivity index (χ1n) is 7.73. The average Bonchev–Trinajstić information content (AvgIpc) is 3.22. The fraction of sp³-hybridized carbons (Fsp3) is 0.353. The van der Waals surface area contributed by atoms with Gasteiger partial charge in [-0.25, -0.2) is 4.98 Å². The highest BCUT2D eigenvalue weighted by molar-refractivity contribution is 7.13. The van der Waals surface area contributed by atoms with Crippen LogP contribution < -0.4 is 5.32 Å². The molecule has 0 saturated heterocycles. The quantitative estimate of drug-likeness (QED) is 0.753. The molecule has 0 aliphatic carbocycles. The minimum Gasteiger partial charge on any atom is -0.306 e. The smallest absolute Gasteiger partial charge is 0.142 e. The van der Waals surface area contributed by atoms with Crippen LogP contribution >= 0.6 is 11.3 Å². The van der Waals surface area contributed by atoms with Crippen molar-refractivity contribution in [1.82, 2.24) is 25.1 Å². The van der Waals surface area contributed by atoms with Crippen LogP contribution in [-0.4, -0.2) is 25.8 Å². The Bertz CT molecular complexity index is 749. The zero-order chi connectivity index (χ0) is 16.2. The molecule has 6 heteroatoms. The van der Waals surface area contributed by atoms with Crippen molar-refractivity contribution in [2.75, 3.05) is 0 Å². The Morgan fingerprint density at radius 3 is 2.87 bits per heavy atom. The van der Waals surface area contributed by atoms with Crippen LogP contribution in [0.25, 0.3) is 10.7 Å². The highest BCUT2D eigenvalue weighted by Gasteiger charge is 2.15. The van der Waals surface area contributed by atoms with Gasteiger partial charge in [-0.15, -0.1) is 11.3 Å². The maximum absolute atomic E-state index is 4.66. The number of aromatic nitrogens is 4. The van der Waals surface area contributed by atoms with Crippen LogP contribution in [0, 0.1) is 6.92 Å². The van der Waals surface area contributed by atoms with Gasteiger partial charge >= 0.3 is 0 Å². The summed E-state index contributed by atoms with van der Waals surface area (Å²) in [6, 6.07) is 6.48. The zero-order valence-corrected chi connectivity index (χ0v) is 14.4. The Morgan fingerprint density at radius 2 is 2.17 bits per heavy atom. The standard InChI is InChI=1S/C17H21N5S/c1-12-8-20-22(10-12)14(3)13(2)19-9-15-11-23-17(21-15)16-6-4-5-7-18-16/h4-8,10-11,13-14,19H,9H2,1-3H3/t13-,14-/m1/s1. The van der Waals surface area contributed by atoms with E-state index in [0.29, 0.717) is 6.04 Å². The molecule has 0 fully saturated rings. The molecule has 3 heterocycles. The van der Waals surface area contributed by atoms with E-state index in [-0.39, 0.29) is 6.04 Å². The van der Waals surface area contributed by atoms with E-state index in [1.807, 2.05) is 29.1 Å². The third-order valence-corrected chi connectivity index (χ3v) is 4.83. The molecule has 0 saturated carbocycles. The summed E-state index contributed by atoms with van der Waals surface area (Å²) in [5.74, 6) is 0. The van der Waals surface area contributed by atoms with E-state index in [4.69, 9.17) is 0 Å². The van der Waals surface area contributed by atoms with E-state index in [9.17, 15) is 0 Å². The number of pyridine rings is 1. The van der Waals surface area contributed by atoms with Gasteiger partial charge in [0.05, 0.1) is 23.6 Å². The Morgan fingerprint density at radius 1 is 1.30 bits per heavy atom. The molecule has 2 atom stereocenters. The van der Waals surface area contributed by atoms with Gasteiger partial charge in [0.2, 0.25) is 0 Å². The summed E-state index contributed by atoms with van der Waals surface area (Å²) >= 11 is 1.63. The maximum atomic E-state index is 4.66. The monoisotopic (exact) mass is 327 g/mol. The van der Waals surface area contributed by atoms with Crippen LogP contribution in [0.15, 0.2) is 42.2 Å². The van der Waals surface area contributed by atoms with Gasteiger partial charge < -0.3 is 5.32 Å². The highest BCUT2D eigenvalue weighted by Crippen LogP contribution is 2.21. The van der Waals surface area contributed by atoms with Gasteiger partial charge in [0.15, 0.2) is 0 Å². The number of hydrogen-bond donors (Lipinski definition) is 1. The Labute approximate surface area is 140 Å². The van der Waals surface area contributed by atoms with E-state index < -0.39 is 0 Å². The second-order valence-corrected chi connectivity index (χ2v) is 6.62.